The van der Waals surface area contributed by atoms with Gasteiger partial charge in [-0.15, -0.1) is 0 Å². The minimum Gasteiger partial charge on any atom is -0.491 e. The van der Waals surface area contributed by atoms with E-state index < -0.39 is 0 Å². The highest BCUT2D eigenvalue weighted by Crippen LogP contribution is 2.28. The van der Waals surface area contributed by atoms with Gasteiger partial charge in [-0.2, -0.15) is 0 Å². The average molecular weight is 289 g/mol. The van der Waals surface area contributed by atoms with Gasteiger partial charge < -0.3 is 10.1 Å². The van der Waals surface area contributed by atoms with E-state index in [-0.39, 0.29) is 6.10 Å². The van der Waals surface area contributed by atoms with Crippen LogP contribution in [0.2, 0.25) is 0 Å². The van der Waals surface area contributed by atoms with Gasteiger partial charge in [0.25, 0.3) is 0 Å². The molecule has 0 heterocycles. The quantitative estimate of drug-likeness (QED) is 0.762. The third kappa shape index (κ3) is 5.03. The van der Waals surface area contributed by atoms with Gasteiger partial charge in [-0.3, -0.25) is 0 Å². The lowest BCUT2D eigenvalue weighted by Crippen LogP contribution is -2.31. The molecule has 118 valence electrons. The lowest BCUT2D eigenvalue weighted by Gasteiger charge is -2.24. The van der Waals surface area contributed by atoms with Crippen molar-refractivity contribution in [2.24, 2.45) is 5.92 Å². The fourth-order valence-corrected chi connectivity index (χ4v) is 3.30. The number of benzene rings is 1. The maximum atomic E-state index is 5.96. The molecule has 1 aromatic carbocycles. The zero-order valence-electron chi connectivity index (χ0n) is 14.1. The van der Waals surface area contributed by atoms with E-state index >= 15 is 0 Å². The number of nitrogens with one attached hydrogen (secondary N) is 1. The van der Waals surface area contributed by atoms with Crippen LogP contribution >= 0.6 is 0 Å². The average Bonchev–Trinajstić information content (AvgIpc) is 2.63. The molecule has 2 nitrogen and oxygen atoms in total. The second kappa shape index (κ2) is 7.84. The van der Waals surface area contributed by atoms with Crippen LogP contribution in [-0.4, -0.2) is 12.1 Å². The maximum absolute atomic E-state index is 5.96. The molecular weight excluding hydrogens is 258 g/mol. The standard InChI is InChI=1S/C19H31NO/c1-14(2)21-19-11-6-5-10-18(19)16(4)20-17-9-7-8-15(3)12-13-17/h5-6,10-11,14-17,20H,7-9,12-13H2,1-4H3. The second-order valence-corrected chi connectivity index (χ2v) is 6.90. The predicted octanol–water partition coefficient (Wildman–Crippen LogP) is 5.09. The van der Waals surface area contributed by atoms with Gasteiger partial charge in [0.2, 0.25) is 0 Å². The summed E-state index contributed by atoms with van der Waals surface area (Å²) < 4.78 is 5.96. The Morgan fingerprint density at radius 2 is 1.81 bits per heavy atom. The van der Waals surface area contributed by atoms with Crippen LogP contribution in [0.5, 0.6) is 5.75 Å². The smallest absolute Gasteiger partial charge is 0.124 e. The van der Waals surface area contributed by atoms with Crippen LogP contribution in [0.4, 0.5) is 0 Å². The molecule has 1 aliphatic carbocycles. The summed E-state index contributed by atoms with van der Waals surface area (Å²) in [5.74, 6) is 1.91. The van der Waals surface area contributed by atoms with Gasteiger partial charge in [0.05, 0.1) is 6.10 Å². The first-order chi connectivity index (χ1) is 10.1. The maximum Gasteiger partial charge on any atom is 0.124 e. The minimum absolute atomic E-state index is 0.220. The molecule has 1 saturated carbocycles. The molecule has 1 aromatic rings. The Kier molecular flexibility index (Phi) is 6.10. The molecule has 2 rings (SSSR count). The molecule has 3 atom stereocenters. The number of para-hydroxylation sites is 1. The first kappa shape index (κ1) is 16.4. The van der Waals surface area contributed by atoms with Gasteiger partial charge in [0.15, 0.2) is 0 Å². The van der Waals surface area contributed by atoms with Crippen LogP contribution in [0, 0.1) is 5.92 Å². The molecule has 0 aliphatic heterocycles. The Labute approximate surface area is 130 Å². The van der Waals surface area contributed by atoms with E-state index in [0.717, 1.165) is 11.7 Å². The number of ether oxygens (including phenoxy) is 1. The first-order valence-electron chi connectivity index (χ1n) is 8.58. The largest absolute Gasteiger partial charge is 0.491 e. The summed E-state index contributed by atoms with van der Waals surface area (Å²) in [5, 5.41) is 3.83. The highest BCUT2D eigenvalue weighted by Gasteiger charge is 2.20. The van der Waals surface area contributed by atoms with Gasteiger partial charge in [0.1, 0.15) is 5.75 Å². The normalized spacial score (nSPS) is 24.6. The van der Waals surface area contributed by atoms with Crippen molar-refractivity contribution in [2.75, 3.05) is 0 Å². The lowest BCUT2D eigenvalue weighted by atomic mass is 10.0. The number of hydrogen-bond acceptors (Lipinski definition) is 2. The zero-order chi connectivity index (χ0) is 15.2. The molecule has 0 bridgehead atoms. The summed E-state index contributed by atoms with van der Waals surface area (Å²) in [4.78, 5) is 0. The van der Waals surface area contributed by atoms with Crippen LogP contribution in [0.25, 0.3) is 0 Å². The Bertz CT molecular complexity index is 429. The Hall–Kier alpha value is -1.02. The van der Waals surface area contributed by atoms with Gasteiger partial charge in [-0.25, -0.2) is 0 Å². The summed E-state index contributed by atoms with van der Waals surface area (Å²) in [6.45, 7) is 8.82. The van der Waals surface area contributed by atoms with E-state index in [4.69, 9.17) is 4.74 Å². The fraction of sp³-hybridized carbons (Fsp3) is 0.684. The van der Waals surface area contributed by atoms with Crippen molar-refractivity contribution in [1.82, 2.24) is 5.32 Å². The van der Waals surface area contributed by atoms with Crippen molar-refractivity contribution in [1.29, 1.82) is 0 Å². The molecule has 0 spiro atoms. The molecule has 1 aliphatic rings. The van der Waals surface area contributed by atoms with Gasteiger partial charge in [-0.1, -0.05) is 38.0 Å². The van der Waals surface area contributed by atoms with Crippen molar-refractivity contribution in [3.8, 4) is 5.75 Å². The predicted molar refractivity (Wildman–Crippen MR) is 89.8 cm³/mol. The summed E-state index contributed by atoms with van der Waals surface area (Å²) >= 11 is 0. The van der Waals surface area contributed by atoms with Crippen LogP contribution < -0.4 is 10.1 Å². The van der Waals surface area contributed by atoms with Crippen molar-refractivity contribution < 1.29 is 4.74 Å². The zero-order valence-corrected chi connectivity index (χ0v) is 14.1. The summed E-state index contributed by atoms with van der Waals surface area (Å²) in [7, 11) is 0. The molecule has 2 heteroatoms. The molecule has 3 unspecified atom stereocenters. The SMILES string of the molecule is CC1CCCC(NC(C)c2ccccc2OC(C)C)CC1. The monoisotopic (exact) mass is 289 g/mol. The third-order valence-electron chi connectivity index (χ3n) is 4.49. The Morgan fingerprint density at radius 3 is 2.57 bits per heavy atom. The van der Waals surface area contributed by atoms with Crippen LogP contribution in [0.3, 0.4) is 0 Å². The highest BCUT2D eigenvalue weighted by molar-refractivity contribution is 5.35. The van der Waals surface area contributed by atoms with Gasteiger partial charge in [-0.05, 0) is 52.0 Å². The van der Waals surface area contributed by atoms with Crippen molar-refractivity contribution in [3.05, 3.63) is 29.8 Å². The molecule has 1 fully saturated rings. The molecule has 0 aromatic heterocycles. The Morgan fingerprint density at radius 1 is 1.05 bits per heavy atom. The molecule has 0 radical (unpaired) electrons. The van der Waals surface area contributed by atoms with E-state index in [1.807, 2.05) is 0 Å². The second-order valence-electron chi connectivity index (χ2n) is 6.90. The molecule has 21 heavy (non-hydrogen) atoms. The van der Waals surface area contributed by atoms with Crippen LogP contribution in [-0.2, 0) is 0 Å². The minimum atomic E-state index is 0.220. The van der Waals surface area contributed by atoms with Crippen LogP contribution in [0.1, 0.15) is 71.4 Å². The Balaban J connectivity index is 2.00. The van der Waals surface area contributed by atoms with Crippen molar-refractivity contribution in [2.45, 2.75) is 78.0 Å². The van der Waals surface area contributed by atoms with E-state index in [9.17, 15) is 0 Å². The molecule has 1 N–H and O–H groups in total. The first-order valence-corrected chi connectivity index (χ1v) is 8.58. The summed E-state index contributed by atoms with van der Waals surface area (Å²) in [6.07, 6.45) is 6.93. The van der Waals surface area contributed by atoms with Crippen molar-refractivity contribution in [3.63, 3.8) is 0 Å². The molecule has 0 saturated heterocycles. The lowest BCUT2D eigenvalue weighted by molar-refractivity contribution is 0.237. The van der Waals surface area contributed by atoms with E-state index in [2.05, 4.69) is 57.3 Å². The molecule has 0 amide bonds. The number of hydrogen-bond donors (Lipinski definition) is 1. The van der Waals surface area contributed by atoms with Gasteiger partial charge >= 0.3 is 0 Å². The fourth-order valence-electron chi connectivity index (χ4n) is 3.30. The third-order valence-corrected chi connectivity index (χ3v) is 4.49. The topological polar surface area (TPSA) is 21.3 Å². The summed E-state index contributed by atoms with van der Waals surface area (Å²) in [6, 6.07) is 9.43. The van der Waals surface area contributed by atoms with Crippen molar-refractivity contribution >= 4 is 0 Å². The van der Waals surface area contributed by atoms with Crippen LogP contribution in [0.15, 0.2) is 24.3 Å². The van der Waals surface area contributed by atoms with E-state index in [1.54, 1.807) is 0 Å². The highest BCUT2D eigenvalue weighted by atomic mass is 16.5. The number of rotatable bonds is 5. The summed E-state index contributed by atoms with van der Waals surface area (Å²) in [5.41, 5.74) is 1.28. The van der Waals surface area contributed by atoms with E-state index in [0.29, 0.717) is 12.1 Å². The van der Waals surface area contributed by atoms with Gasteiger partial charge in [0, 0.05) is 17.6 Å². The molecular formula is C19H31NO. The van der Waals surface area contributed by atoms with E-state index in [1.165, 1.54) is 37.7 Å².